The topological polar surface area (TPSA) is 95.7 Å². The van der Waals surface area contributed by atoms with Crippen LogP contribution in [0, 0.1) is 5.92 Å². The largest absolute Gasteiger partial charge is 0.371 e. The molecule has 0 spiro atoms. The molecule has 1 unspecified atom stereocenters. The normalized spacial score (nSPS) is 25.6. The number of benzene rings is 1. The molecule has 3 amide bonds. The first-order chi connectivity index (χ1) is 15.5. The molecule has 7 nitrogen and oxygen atoms in total. The summed E-state index contributed by atoms with van der Waals surface area (Å²) < 4.78 is 0. The van der Waals surface area contributed by atoms with Crippen LogP contribution in [0.5, 0.6) is 0 Å². The maximum absolute atomic E-state index is 13.2. The number of hydrogen-bond acceptors (Lipinski definition) is 5. The van der Waals surface area contributed by atoms with E-state index in [9.17, 15) is 14.4 Å². The van der Waals surface area contributed by atoms with Gasteiger partial charge in [-0.2, -0.15) is 0 Å². The van der Waals surface area contributed by atoms with E-state index in [0.29, 0.717) is 30.5 Å². The Kier molecular flexibility index (Phi) is 7.13. The predicted octanol–water partition coefficient (Wildman–Crippen LogP) is 2.96. The minimum Gasteiger partial charge on any atom is -0.371 e. The van der Waals surface area contributed by atoms with E-state index in [1.54, 1.807) is 4.90 Å². The van der Waals surface area contributed by atoms with Crippen molar-refractivity contribution < 1.29 is 14.4 Å². The maximum atomic E-state index is 13.2. The summed E-state index contributed by atoms with van der Waals surface area (Å²) in [5, 5.41) is 2.39. The standard InChI is InChI=1S/C25H36N4O3/c1-2-3-4-14-28(15-17-8-10-18(26)11-9-17)21-7-5-6-19-20(21)16-29(25(19)32)22-12-13-23(30)27-24(22)31/h5-7,17-18,22H,2-4,8-16,26H2,1H3,(H,27,30,31). The van der Waals surface area contributed by atoms with Crippen LogP contribution in [0.25, 0.3) is 0 Å². The maximum Gasteiger partial charge on any atom is 0.255 e. The highest BCUT2D eigenvalue weighted by atomic mass is 16.2. The molecule has 1 saturated heterocycles. The number of piperidine rings is 1. The van der Waals surface area contributed by atoms with Gasteiger partial charge >= 0.3 is 0 Å². The van der Waals surface area contributed by atoms with Crippen molar-refractivity contribution in [2.45, 2.75) is 83.3 Å². The molecule has 0 aromatic heterocycles. The van der Waals surface area contributed by atoms with Gasteiger partial charge in [-0.05, 0) is 56.6 Å². The first-order valence-electron chi connectivity index (χ1n) is 12.2. The van der Waals surface area contributed by atoms with Crippen molar-refractivity contribution in [3.63, 3.8) is 0 Å². The zero-order valence-corrected chi connectivity index (χ0v) is 19.1. The molecule has 1 saturated carbocycles. The highest BCUT2D eigenvalue weighted by molar-refractivity contribution is 6.06. The zero-order chi connectivity index (χ0) is 22.7. The van der Waals surface area contributed by atoms with Crippen molar-refractivity contribution >= 4 is 23.4 Å². The zero-order valence-electron chi connectivity index (χ0n) is 19.1. The highest BCUT2D eigenvalue weighted by Gasteiger charge is 2.40. The number of anilines is 1. The molecular formula is C25H36N4O3. The van der Waals surface area contributed by atoms with E-state index >= 15 is 0 Å². The van der Waals surface area contributed by atoms with Crippen LogP contribution in [0.15, 0.2) is 18.2 Å². The summed E-state index contributed by atoms with van der Waals surface area (Å²) in [5.41, 5.74) is 8.96. The lowest BCUT2D eigenvalue weighted by Gasteiger charge is -2.34. The molecule has 2 fully saturated rings. The molecule has 7 heteroatoms. The van der Waals surface area contributed by atoms with E-state index in [0.717, 1.165) is 56.4 Å². The average molecular weight is 441 g/mol. The number of carbonyl (C=O) groups excluding carboxylic acids is 3. The third-order valence-corrected chi connectivity index (χ3v) is 7.30. The molecule has 1 aliphatic carbocycles. The van der Waals surface area contributed by atoms with Gasteiger partial charge in [-0.1, -0.05) is 25.8 Å². The Bertz CT molecular complexity index is 863. The summed E-state index contributed by atoms with van der Waals surface area (Å²) in [5.74, 6) is -0.100. The van der Waals surface area contributed by atoms with E-state index < -0.39 is 6.04 Å². The number of hydrogen-bond donors (Lipinski definition) is 2. The SMILES string of the molecule is CCCCCN(CC1CCC(N)CC1)c1cccc2c1CN(C1CCC(=O)NC1=O)C2=O. The predicted molar refractivity (Wildman–Crippen MR) is 124 cm³/mol. The Morgan fingerprint density at radius 3 is 2.59 bits per heavy atom. The molecule has 1 aromatic rings. The van der Waals surface area contributed by atoms with Crippen molar-refractivity contribution in [2.24, 2.45) is 11.7 Å². The Balaban J connectivity index is 1.56. The molecule has 1 atom stereocenters. The van der Waals surface area contributed by atoms with E-state index in [1.807, 2.05) is 12.1 Å². The van der Waals surface area contributed by atoms with E-state index in [-0.39, 0.29) is 24.1 Å². The molecule has 0 bridgehead atoms. The van der Waals surface area contributed by atoms with Crippen LogP contribution in [0.1, 0.15) is 80.6 Å². The Morgan fingerprint density at radius 2 is 1.88 bits per heavy atom. The van der Waals surface area contributed by atoms with Crippen LogP contribution in [-0.4, -0.2) is 47.8 Å². The summed E-state index contributed by atoms with van der Waals surface area (Å²) in [6, 6.07) is 5.72. The van der Waals surface area contributed by atoms with Gasteiger partial charge in [0.05, 0.1) is 0 Å². The van der Waals surface area contributed by atoms with Gasteiger partial charge in [0.15, 0.2) is 0 Å². The fraction of sp³-hybridized carbons (Fsp3) is 0.640. The number of nitrogens with two attached hydrogens (primary N) is 1. The lowest BCUT2D eigenvalue weighted by molar-refractivity contribution is -0.136. The molecule has 32 heavy (non-hydrogen) atoms. The number of unbranched alkanes of at least 4 members (excludes halogenated alkanes) is 2. The molecule has 2 heterocycles. The van der Waals surface area contributed by atoms with Crippen molar-refractivity contribution in [3.05, 3.63) is 29.3 Å². The van der Waals surface area contributed by atoms with Crippen molar-refractivity contribution in [1.82, 2.24) is 10.2 Å². The minimum absolute atomic E-state index is 0.103. The van der Waals surface area contributed by atoms with Crippen molar-refractivity contribution in [1.29, 1.82) is 0 Å². The molecule has 4 rings (SSSR count). The van der Waals surface area contributed by atoms with Crippen molar-refractivity contribution in [3.8, 4) is 0 Å². The van der Waals surface area contributed by atoms with Crippen molar-refractivity contribution in [2.75, 3.05) is 18.0 Å². The molecule has 3 aliphatic rings. The quantitative estimate of drug-likeness (QED) is 0.479. The number of nitrogens with one attached hydrogen (secondary N) is 1. The van der Waals surface area contributed by atoms with E-state index in [1.165, 1.54) is 12.8 Å². The van der Waals surface area contributed by atoms with Gasteiger partial charge in [0.25, 0.3) is 5.91 Å². The summed E-state index contributed by atoms with van der Waals surface area (Å²) in [6.45, 7) is 4.60. The Labute approximate surface area is 190 Å². The first kappa shape index (κ1) is 22.8. The van der Waals surface area contributed by atoms with Crippen LogP contribution < -0.4 is 16.0 Å². The van der Waals surface area contributed by atoms with Crippen LogP contribution in [0.2, 0.25) is 0 Å². The van der Waals surface area contributed by atoms with Crippen LogP contribution in [-0.2, 0) is 16.1 Å². The van der Waals surface area contributed by atoms with Gasteiger partial charge in [-0.25, -0.2) is 0 Å². The molecule has 0 radical (unpaired) electrons. The van der Waals surface area contributed by atoms with Gasteiger partial charge < -0.3 is 15.5 Å². The van der Waals surface area contributed by atoms with Gasteiger partial charge in [0.1, 0.15) is 6.04 Å². The number of imide groups is 1. The molecule has 174 valence electrons. The summed E-state index contributed by atoms with van der Waals surface area (Å²) in [6.07, 6.45) is 8.62. The second-order valence-electron chi connectivity index (χ2n) is 9.64. The third-order valence-electron chi connectivity index (χ3n) is 7.30. The third kappa shape index (κ3) is 4.82. The number of nitrogens with zero attached hydrogens (tertiary/aromatic N) is 2. The van der Waals surface area contributed by atoms with E-state index in [4.69, 9.17) is 5.73 Å². The lowest BCUT2D eigenvalue weighted by atomic mass is 9.86. The van der Waals surface area contributed by atoms with E-state index in [2.05, 4.69) is 23.2 Å². The van der Waals surface area contributed by atoms with Gasteiger partial charge in [0.2, 0.25) is 11.8 Å². The second-order valence-corrected chi connectivity index (χ2v) is 9.64. The minimum atomic E-state index is -0.575. The molecule has 2 aliphatic heterocycles. The number of fused-ring (bicyclic) bond motifs is 1. The molecule has 3 N–H and O–H groups in total. The second kappa shape index (κ2) is 10.0. The van der Waals surface area contributed by atoms with Gasteiger partial charge in [0, 0.05) is 48.9 Å². The number of carbonyl (C=O) groups is 3. The monoisotopic (exact) mass is 440 g/mol. The fourth-order valence-electron chi connectivity index (χ4n) is 5.41. The highest BCUT2D eigenvalue weighted by Crippen LogP contribution is 2.35. The Morgan fingerprint density at radius 1 is 1.09 bits per heavy atom. The smallest absolute Gasteiger partial charge is 0.255 e. The fourth-order valence-corrected chi connectivity index (χ4v) is 5.41. The van der Waals surface area contributed by atoms with Crippen LogP contribution in [0.3, 0.4) is 0 Å². The van der Waals surface area contributed by atoms with Crippen LogP contribution >= 0.6 is 0 Å². The lowest BCUT2D eigenvalue weighted by Crippen LogP contribution is -2.52. The van der Waals surface area contributed by atoms with Gasteiger partial charge in [-0.15, -0.1) is 0 Å². The Hall–Kier alpha value is -2.41. The molecular weight excluding hydrogens is 404 g/mol. The van der Waals surface area contributed by atoms with Crippen LogP contribution in [0.4, 0.5) is 5.69 Å². The first-order valence-corrected chi connectivity index (χ1v) is 12.2. The molecule has 1 aromatic carbocycles. The average Bonchev–Trinajstić information content (AvgIpc) is 3.11. The number of amides is 3. The summed E-state index contributed by atoms with van der Waals surface area (Å²) >= 11 is 0. The van der Waals surface area contributed by atoms with Gasteiger partial charge in [-0.3, -0.25) is 19.7 Å². The summed E-state index contributed by atoms with van der Waals surface area (Å²) in [7, 11) is 0. The summed E-state index contributed by atoms with van der Waals surface area (Å²) in [4.78, 5) is 41.3. The number of rotatable bonds is 8.